The van der Waals surface area contributed by atoms with Crippen LogP contribution >= 0.6 is 11.6 Å². The summed E-state index contributed by atoms with van der Waals surface area (Å²) in [6.07, 6.45) is 1.46. The maximum Gasteiger partial charge on any atom is 0.186 e. The Balaban J connectivity index is 2.43. The molecule has 0 amide bonds. The summed E-state index contributed by atoms with van der Waals surface area (Å²) in [5.41, 5.74) is -0.526. The average Bonchev–Trinajstić information content (AvgIpc) is 2.93. The van der Waals surface area contributed by atoms with Crippen LogP contribution in [0.15, 0.2) is 6.07 Å². The van der Waals surface area contributed by atoms with Crippen LogP contribution in [-0.4, -0.2) is 17.8 Å². The van der Waals surface area contributed by atoms with Crippen molar-refractivity contribution in [1.82, 2.24) is 0 Å². The molecular weight excluding hydrogens is 238 g/mol. The quantitative estimate of drug-likeness (QED) is 0.834. The van der Waals surface area contributed by atoms with Gasteiger partial charge in [-0.05, 0) is 18.9 Å². The van der Waals surface area contributed by atoms with Crippen LogP contribution in [0.3, 0.4) is 0 Å². The zero-order valence-electron chi connectivity index (χ0n) is 8.69. The lowest BCUT2D eigenvalue weighted by Gasteiger charge is -2.13. The van der Waals surface area contributed by atoms with Gasteiger partial charge in [0.25, 0.3) is 0 Å². The first-order valence-electron chi connectivity index (χ1n) is 4.89. The van der Waals surface area contributed by atoms with E-state index in [0.29, 0.717) is 18.4 Å². The van der Waals surface area contributed by atoms with E-state index in [1.165, 1.54) is 7.11 Å². The highest BCUT2D eigenvalue weighted by Crippen LogP contribution is 2.41. The van der Waals surface area contributed by atoms with E-state index < -0.39 is 22.3 Å². The fraction of sp³-hybridized carbons (Fsp3) is 0.455. The molecule has 1 N–H and O–H groups in total. The Morgan fingerprint density at radius 3 is 2.62 bits per heavy atom. The van der Waals surface area contributed by atoms with E-state index in [4.69, 9.17) is 16.3 Å². The number of rotatable bonds is 3. The second kappa shape index (κ2) is 3.86. The number of aliphatic hydroxyl groups is 1. The average molecular weight is 249 g/mol. The van der Waals surface area contributed by atoms with Crippen LogP contribution in [0, 0.1) is 11.6 Å². The van der Waals surface area contributed by atoms with Crippen molar-refractivity contribution in [3.63, 3.8) is 0 Å². The molecule has 1 fully saturated rings. The molecule has 0 atom stereocenters. The molecule has 0 bridgehead atoms. The molecule has 0 aromatic heterocycles. The van der Waals surface area contributed by atoms with Gasteiger partial charge >= 0.3 is 0 Å². The lowest BCUT2D eigenvalue weighted by atomic mass is 10.0. The van der Waals surface area contributed by atoms with Crippen LogP contribution < -0.4 is 4.74 Å². The van der Waals surface area contributed by atoms with Gasteiger partial charge < -0.3 is 9.84 Å². The third-order valence-electron chi connectivity index (χ3n) is 2.75. The van der Waals surface area contributed by atoms with E-state index in [1.54, 1.807) is 0 Å². The largest absolute Gasteiger partial charge is 0.493 e. The van der Waals surface area contributed by atoms with E-state index in [1.807, 2.05) is 0 Å². The Morgan fingerprint density at radius 2 is 2.12 bits per heavy atom. The first kappa shape index (κ1) is 11.6. The van der Waals surface area contributed by atoms with E-state index in [-0.39, 0.29) is 12.2 Å². The monoisotopic (exact) mass is 248 g/mol. The lowest BCUT2D eigenvalue weighted by molar-refractivity contribution is 0.149. The Kier molecular flexibility index (Phi) is 2.80. The van der Waals surface area contributed by atoms with Crippen LogP contribution in [0.5, 0.6) is 5.75 Å². The third-order valence-corrected chi connectivity index (χ3v) is 3.09. The minimum atomic E-state index is -0.914. The first-order valence-corrected chi connectivity index (χ1v) is 5.27. The van der Waals surface area contributed by atoms with Gasteiger partial charge in [0.2, 0.25) is 0 Å². The van der Waals surface area contributed by atoms with Crippen LogP contribution in [0.25, 0.3) is 0 Å². The molecule has 2 rings (SSSR count). The standard InChI is InChI=1S/C11H11ClF2O2/c1-16-10-6(5-11(15)2-3-11)4-7(13)8(12)9(10)14/h4,15H,2-3,5H2,1H3. The van der Waals surface area contributed by atoms with Gasteiger partial charge in [-0.15, -0.1) is 0 Å². The molecule has 0 aliphatic heterocycles. The number of benzene rings is 1. The minimum absolute atomic E-state index is 0.0910. The van der Waals surface area contributed by atoms with Gasteiger partial charge in [-0.2, -0.15) is 0 Å². The highest BCUT2D eigenvalue weighted by atomic mass is 35.5. The van der Waals surface area contributed by atoms with Crippen molar-refractivity contribution in [3.05, 3.63) is 28.3 Å². The molecule has 1 aliphatic carbocycles. The van der Waals surface area contributed by atoms with Crippen LogP contribution in [0.1, 0.15) is 18.4 Å². The number of methoxy groups -OCH3 is 1. The van der Waals surface area contributed by atoms with Gasteiger partial charge in [-0.3, -0.25) is 0 Å². The molecule has 0 heterocycles. The predicted molar refractivity (Wildman–Crippen MR) is 55.8 cm³/mol. The van der Waals surface area contributed by atoms with Crippen LogP contribution in [0.4, 0.5) is 8.78 Å². The van der Waals surface area contributed by atoms with E-state index in [2.05, 4.69) is 0 Å². The highest BCUT2D eigenvalue weighted by Gasteiger charge is 2.41. The van der Waals surface area contributed by atoms with Gasteiger partial charge in [-0.25, -0.2) is 8.78 Å². The molecule has 1 aromatic rings. The normalized spacial score (nSPS) is 17.3. The second-order valence-corrected chi connectivity index (χ2v) is 4.46. The fourth-order valence-corrected chi connectivity index (χ4v) is 1.80. The summed E-state index contributed by atoms with van der Waals surface area (Å²) in [7, 11) is 1.28. The van der Waals surface area contributed by atoms with Crippen LogP contribution in [-0.2, 0) is 6.42 Å². The van der Waals surface area contributed by atoms with Gasteiger partial charge in [0, 0.05) is 12.0 Å². The Labute approximate surface area is 96.8 Å². The number of ether oxygens (including phenoxy) is 1. The van der Waals surface area contributed by atoms with Crippen molar-refractivity contribution in [3.8, 4) is 5.75 Å². The molecule has 0 saturated heterocycles. The molecule has 0 radical (unpaired) electrons. The zero-order valence-corrected chi connectivity index (χ0v) is 9.44. The summed E-state index contributed by atoms with van der Waals surface area (Å²) in [5.74, 6) is -1.84. The predicted octanol–water partition coefficient (Wildman–Crippen LogP) is 2.69. The fourth-order valence-electron chi connectivity index (χ4n) is 1.65. The minimum Gasteiger partial charge on any atom is -0.493 e. The van der Waals surface area contributed by atoms with Crippen molar-refractivity contribution in [1.29, 1.82) is 0 Å². The van der Waals surface area contributed by atoms with Crippen LogP contribution in [0.2, 0.25) is 5.02 Å². The summed E-state index contributed by atoms with van der Waals surface area (Å²) in [5, 5.41) is 9.14. The first-order chi connectivity index (χ1) is 7.47. The topological polar surface area (TPSA) is 29.5 Å². The third kappa shape index (κ3) is 1.99. The molecule has 1 aromatic carbocycles. The molecule has 16 heavy (non-hydrogen) atoms. The summed E-state index contributed by atoms with van der Waals surface area (Å²) >= 11 is 5.43. The summed E-state index contributed by atoms with van der Waals surface area (Å²) in [6.45, 7) is 0. The molecule has 2 nitrogen and oxygen atoms in total. The molecule has 0 spiro atoms. The number of hydrogen-bond acceptors (Lipinski definition) is 2. The van der Waals surface area contributed by atoms with Crippen molar-refractivity contribution in [2.45, 2.75) is 24.9 Å². The molecule has 88 valence electrons. The van der Waals surface area contributed by atoms with Crippen molar-refractivity contribution in [2.75, 3.05) is 7.11 Å². The van der Waals surface area contributed by atoms with Gasteiger partial charge in [-0.1, -0.05) is 11.6 Å². The SMILES string of the molecule is COc1c(CC2(O)CC2)cc(F)c(Cl)c1F. The summed E-state index contributed by atoms with van der Waals surface area (Å²) in [4.78, 5) is 0. The molecule has 0 unspecified atom stereocenters. The maximum atomic E-state index is 13.5. The van der Waals surface area contributed by atoms with Gasteiger partial charge in [0.15, 0.2) is 11.6 Å². The maximum absolute atomic E-state index is 13.5. The lowest BCUT2D eigenvalue weighted by Crippen LogP contribution is -2.12. The Hall–Kier alpha value is -0.870. The van der Waals surface area contributed by atoms with Gasteiger partial charge in [0.05, 0.1) is 12.7 Å². The molecule has 1 aliphatic rings. The zero-order chi connectivity index (χ0) is 11.9. The smallest absolute Gasteiger partial charge is 0.186 e. The van der Waals surface area contributed by atoms with E-state index in [0.717, 1.165) is 6.07 Å². The molecule has 1 saturated carbocycles. The second-order valence-electron chi connectivity index (χ2n) is 4.08. The van der Waals surface area contributed by atoms with Crippen molar-refractivity contribution in [2.24, 2.45) is 0 Å². The number of hydrogen-bond donors (Lipinski definition) is 1. The van der Waals surface area contributed by atoms with E-state index in [9.17, 15) is 13.9 Å². The van der Waals surface area contributed by atoms with Gasteiger partial charge in [0.1, 0.15) is 10.8 Å². The van der Waals surface area contributed by atoms with Crippen molar-refractivity contribution < 1.29 is 18.6 Å². The molecule has 5 heteroatoms. The molecular formula is C11H11ClF2O2. The highest BCUT2D eigenvalue weighted by molar-refractivity contribution is 6.31. The van der Waals surface area contributed by atoms with E-state index >= 15 is 0 Å². The summed E-state index contributed by atoms with van der Waals surface area (Å²) < 4.78 is 31.6. The Bertz CT molecular complexity index is 430. The summed E-state index contributed by atoms with van der Waals surface area (Å²) in [6, 6.07) is 1.11. The van der Waals surface area contributed by atoms with Crippen molar-refractivity contribution >= 4 is 11.6 Å². The Morgan fingerprint density at radius 1 is 1.50 bits per heavy atom. The number of halogens is 3.